The highest BCUT2D eigenvalue weighted by molar-refractivity contribution is 9.10. The molecular weight excluding hydrogens is 274 g/mol. The molecule has 0 spiro atoms. The number of benzene rings is 1. The Balaban J connectivity index is 2.60. The molecule has 0 radical (unpaired) electrons. The van der Waals surface area contributed by atoms with Gasteiger partial charge >= 0.3 is 0 Å². The fourth-order valence-electron chi connectivity index (χ4n) is 1.21. The van der Waals surface area contributed by atoms with E-state index in [0.717, 1.165) is 16.6 Å². The number of hydrogen-bond acceptors (Lipinski definition) is 4. The van der Waals surface area contributed by atoms with Crippen LogP contribution in [0.3, 0.4) is 0 Å². The predicted molar refractivity (Wildman–Crippen MR) is 65.5 cm³/mol. The second-order valence-corrected chi connectivity index (χ2v) is 4.30. The normalized spacial score (nSPS) is 12.5. The molecule has 0 amide bonds. The third kappa shape index (κ3) is 4.09. The van der Waals surface area contributed by atoms with Crippen LogP contribution in [0.4, 0.5) is 0 Å². The van der Waals surface area contributed by atoms with Crippen molar-refractivity contribution < 1.29 is 14.9 Å². The molecular formula is C11H16BrNO3. The van der Waals surface area contributed by atoms with E-state index in [1.165, 1.54) is 0 Å². The number of rotatable bonds is 6. The molecule has 1 unspecified atom stereocenters. The highest BCUT2D eigenvalue weighted by Crippen LogP contribution is 2.26. The molecule has 0 heterocycles. The maximum Gasteiger partial charge on any atom is 0.133 e. The maximum atomic E-state index is 9.15. The average molecular weight is 290 g/mol. The van der Waals surface area contributed by atoms with E-state index in [9.17, 15) is 0 Å². The van der Waals surface area contributed by atoms with E-state index < -0.39 is 6.10 Å². The first-order valence-electron chi connectivity index (χ1n) is 5.02. The van der Waals surface area contributed by atoms with Crippen LogP contribution in [-0.2, 0) is 6.54 Å². The average Bonchev–Trinajstić information content (AvgIpc) is 2.28. The molecule has 0 aliphatic rings. The molecule has 90 valence electrons. The summed E-state index contributed by atoms with van der Waals surface area (Å²) in [6, 6.07) is 5.74. The lowest BCUT2D eigenvalue weighted by molar-refractivity contribution is 0.0533. The summed E-state index contributed by atoms with van der Waals surface area (Å²) in [4.78, 5) is 0. The largest absolute Gasteiger partial charge is 0.490 e. The molecule has 1 aromatic carbocycles. The van der Waals surface area contributed by atoms with E-state index in [4.69, 9.17) is 14.9 Å². The van der Waals surface area contributed by atoms with Gasteiger partial charge in [0.05, 0.1) is 11.1 Å². The number of aliphatic hydroxyl groups is 2. The second kappa shape index (κ2) is 6.85. The lowest BCUT2D eigenvalue weighted by Crippen LogP contribution is -2.21. The van der Waals surface area contributed by atoms with Crippen molar-refractivity contribution in [2.75, 3.05) is 20.3 Å². The van der Waals surface area contributed by atoms with Crippen LogP contribution in [0.5, 0.6) is 5.75 Å². The molecule has 0 aliphatic carbocycles. The summed E-state index contributed by atoms with van der Waals surface area (Å²) in [5.41, 5.74) is 1.14. The van der Waals surface area contributed by atoms with Crippen molar-refractivity contribution in [3.8, 4) is 5.75 Å². The zero-order valence-electron chi connectivity index (χ0n) is 9.11. The minimum atomic E-state index is -0.844. The molecule has 1 aromatic rings. The number of ether oxygens (including phenoxy) is 1. The first-order valence-corrected chi connectivity index (χ1v) is 5.81. The Morgan fingerprint density at radius 3 is 2.81 bits per heavy atom. The van der Waals surface area contributed by atoms with Crippen molar-refractivity contribution in [2.24, 2.45) is 0 Å². The van der Waals surface area contributed by atoms with E-state index in [-0.39, 0.29) is 13.2 Å². The van der Waals surface area contributed by atoms with Gasteiger partial charge in [0.25, 0.3) is 0 Å². The molecule has 0 aliphatic heterocycles. The lowest BCUT2D eigenvalue weighted by atomic mass is 10.2. The third-order valence-electron chi connectivity index (χ3n) is 2.02. The molecule has 5 heteroatoms. The Labute approximate surface area is 103 Å². The van der Waals surface area contributed by atoms with Crippen LogP contribution in [0.2, 0.25) is 0 Å². The molecule has 0 saturated heterocycles. The van der Waals surface area contributed by atoms with E-state index in [1.807, 2.05) is 25.2 Å². The van der Waals surface area contributed by atoms with Crippen LogP contribution in [0.15, 0.2) is 22.7 Å². The van der Waals surface area contributed by atoms with Crippen LogP contribution < -0.4 is 10.1 Å². The quantitative estimate of drug-likeness (QED) is 0.728. The lowest BCUT2D eigenvalue weighted by Gasteiger charge is -2.12. The minimum Gasteiger partial charge on any atom is -0.490 e. The summed E-state index contributed by atoms with van der Waals surface area (Å²) in [5.74, 6) is 0.660. The van der Waals surface area contributed by atoms with Crippen LogP contribution in [-0.4, -0.2) is 36.6 Å². The SMILES string of the molecule is CNCc1ccc(OCC(O)CO)c(Br)c1. The van der Waals surface area contributed by atoms with Crippen molar-refractivity contribution in [3.63, 3.8) is 0 Å². The maximum absolute atomic E-state index is 9.15. The van der Waals surface area contributed by atoms with Gasteiger partial charge in [-0.25, -0.2) is 0 Å². The highest BCUT2D eigenvalue weighted by Gasteiger charge is 2.06. The summed E-state index contributed by atoms with van der Waals surface area (Å²) in [7, 11) is 1.88. The van der Waals surface area contributed by atoms with E-state index >= 15 is 0 Å². The van der Waals surface area contributed by atoms with Crippen molar-refractivity contribution in [1.29, 1.82) is 0 Å². The summed E-state index contributed by atoms with van der Waals surface area (Å²) < 4.78 is 6.18. The van der Waals surface area contributed by atoms with Gasteiger partial charge in [0, 0.05) is 6.54 Å². The Kier molecular flexibility index (Phi) is 5.76. The zero-order chi connectivity index (χ0) is 12.0. The fraction of sp³-hybridized carbons (Fsp3) is 0.455. The molecule has 3 N–H and O–H groups in total. The smallest absolute Gasteiger partial charge is 0.133 e. The van der Waals surface area contributed by atoms with Gasteiger partial charge in [-0.1, -0.05) is 6.07 Å². The van der Waals surface area contributed by atoms with Crippen molar-refractivity contribution >= 4 is 15.9 Å². The number of hydrogen-bond donors (Lipinski definition) is 3. The number of halogens is 1. The Hall–Kier alpha value is -0.620. The molecule has 1 atom stereocenters. The zero-order valence-corrected chi connectivity index (χ0v) is 10.7. The summed E-state index contributed by atoms with van der Waals surface area (Å²) in [6.07, 6.45) is -0.844. The van der Waals surface area contributed by atoms with E-state index in [0.29, 0.717) is 5.75 Å². The molecule has 0 fully saturated rings. The van der Waals surface area contributed by atoms with Gasteiger partial charge in [0.1, 0.15) is 18.5 Å². The Morgan fingerprint density at radius 2 is 2.25 bits per heavy atom. The van der Waals surface area contributed by atoms with Crippen LogP contribution in [0.25, 0.3) is 0 Å². The van der Waals surface area contributed by atoms with Crippen LogP contribution in [0.1, 0.15) is 5.56 Å². The monoisotopic (exact) mass is 289 g/mol. The topological polar surface area (TPSA) is 61.7 Å². The van der Waals surface area contributed by atoms with Crippen LogP contribution in [0, 0.1) is 0 Å². The Bertz CT molecular complexity index is 333. The van der Waals surface area contributed by atoms with Crippen molar-refractivity contribution in [1.82, 2.24) is 5.32 Å². The minimum absolute atomic E-state index is 0.0838. The van der Waals surface area contributed by atoms with Gasteiger partial charge in [-0.2, -0.15) is 0 Å². The number of nitrogens with one attached hydrogen (secondary N) is 1. The summed E-state index contributed by atoms with van der Waals surface area (Å²) in [5, 5.41) is 20.9. The van der Waals surface area contributed by atoms with Gasteiger partial charge in [-0.3, -0.25) is 0 Å². The highest BCUT2D eigenvalue weighted by atomic mass is 79.9. The predicted octanol–water partition coefficient (Wildman–Crippen LogP) is 0.901. The second-order valence-electron chi connectivity index (χ2n) is 3.44. The molecule has 0 saturated carbocycles. The standard InChI is InChI=1S/C11H16BrNO3/c1-13-5-8-2-3-11(10(12)4-8)16-7-9(15)6-14/h2-4,9,13-15H,5-7H2,1H3. The first kappa shape index (κ1) is 13.4. The molecule has 0 aromatic heterocycles. The molecule has 1 rings (SSSR count). The van der Waals surface area contributed by atoms with Gasteiger partial charge in [0.15, 0.2) is 0 Å². The first-order chi connectivity index (χ1) is 7.67. The number of aliphatic hydroxyl groups excluding tert-OH is 2. The van der Waals surface area contributed by atoms with Gasteiger partial charge in [-0.15, -0.1) is 0 Å². The van der Waals surface area contributed by atoms with Crippen molar-refractivity contribution in [3.05, 3.63) is 28.2 Å². The summed E-state index contributed by atoms with van der Waals surface area (Å²) in [6.45, 7) is 0.577. The molecule has 16 heavy (non-hydrogen) atoms. The third-order valence-corrected chi connectivity index (χ3v) is 2.64. The van der Waals surface area contributed by atoms with Gasteiger partial charge < -0.3 is 20.3 Å². The molecule has 0 bridgehead atoms. The molecule has 4 nitrogen and oxygen atoms in total. The van der Waals surface area contributed by atoms with Gasteiger partial charge in [0.2, 0.25) is 0 Å². The van der Waals surface area contributed by atoms with E-state index in [1.54, 1.807) is 0 Å². The fourth-order valence-corrected chi connectivity index (χ4v) is 1.75. The Morgan fingerprint density at radius 1 is 1.50 bits per heavy atom. The van der Waals surface area contributed by atoms with Gasteiger partial charge in [-0.05, 0) is 40.7 Å². The van der Waals surface area contributed by atoms with E-state index in [2.05, 4.69) is 21.2 Å². The summed E-state index contributed by atoms with van der Waals surface area (Å²) >= 11 is 3.39. The van der Waals surface area contributed by atoms with Crippen LogP contribution >= 0.6 is 15.9 Å². The van der Waals surface area contributed by atoms with Crippen molar-refractivity contribution in [2.45, 2.75) is 12.6 Å².